The molecule has 0 aliphatic carbocycles. The Kier molecular flexibility index (Phi) is 9.95. The summed E-state index contributed by atoms with van der Waals surface area (Å²) in [5.74, 6) is -0.616. The van der Waals surface area contributed by atoms with E-state index in [1.165, 1.54) is 17.0 Å². The number of rotatable bonds is 8. The van der Waals surface area contributed by atoms with Crippen molar-refractivity contribution in [2.75, 3.05) is 6.54 Å². The van der Waals surface area contributed by atoms with Gasteiger partial charge in [0, 0.05) is 18.5 Å². The molecular formula is C30H43N3O5. The van der Waals surface area contributed by atoms with Gasteiger partial charge in [-0.2, -0.15) is 0 Å². The van der Waals surface area contributed by atoms with Crippen molar-refractivity contribution in [1.29, 1.82) is 0 Å². The van der Waals surface area contributed by atoms with Crippen LogP contribution in [0.25, 0.3) is 0 Å². The predicted molar refractivity (Wildman–Crippen MR) is 149 cm³/mol. The van der Waals surface area contributed by atoms with Crippen LogP contribution in [-0.4, -0.2) is 51.6 Å². The largest absolute Gasteiger partial charge is 0.508 e. The van der Waals surface area contributed by atoms with Crippen LogP contribution in [0.2, 0.25) is 0 Å². The summed E-state index contributed by atoms with van der Waals surface area (Å²) in [6.45, 7) is 16.8. The third kappa shape index (κ3) is 8.78. The number of hydrogen-bond donors (Lipinski definition) is 3. The van der Waals surface area contributed by atoms with Gasteiger partial charge in [0.1, 0.15) is 23.4 Å². The van der Waals surface area contributed by atoms with Gasteiger partial charge in [0.05, 0.1) is 0 Å². The summed E-state index contributed by atoms with van der Waals surface area (Å²) in [5, 5.41) is 15.5. The number of aryl methyl sites for hydroxylation is 2. The van der Waals surface area contributed by atoms with Gasteiger partial charge in [-0.1, -0.05) is 30.3 Å². The van der Waals surface area contributed by atoms with E-state index < -0.39 is 35.2 Å². The number of aromatic hydroxyl groups is 1. The monoisotopic (exact) mass is 525 g/mol. The first-order chi connectivity index (χ1) is 17.5. The number of benzene rings is 2. The van der Waals surface area contributed by atoms with E-state index >= 15 is 0 Å². The van der Waals surface area contributed by atoms with E-state index in [0.29, 0.717) is 0 Å². The van der Waals surface area contributed by atoms with E-state index in [0.717, 1.165) is 22.3 Å². The summed E-state index contributed by atoms with van der Waals surface area (Å²) in [6, 6.07) is 10.3. The second kappa shape index (κ2) is 12.3. The Labute approximate surface area is 226 Å². The molecule has 0 heterocycles. The van der Waals surface area contributed by atoms with Crippen molar-refractivity contribution < 1.29 is 24.2 Å². The Balaban J connectivity index is 2.57. The number of carbonyl (C=O) groups excluding carboxylic acids is 3. The maximum absolute atomic E-state index is 14.2. The Hall–Kier alpha value is -3.55. The molecule has 2 aromatic carbocycles. The number of hydrogen-bond acceptors (Lipinski definition) is 5. The van der Waals surface area contributed by atoms with E-state index in [1.54, 1.807) is 32.9 Å². The van der Waals surface area contributed by atoms with Gasteiger partial charge in [-0.15, -0.1) is 0 Å². The molecule has 0 aliphatic rings. The van der Waals surface area contributed by atoms with Crippen LogP contribution in [0.15, 0.2) is 42.5 Å². The Morgan fingerprint density at radius 1 is 0.947 bits per heavy atom. The fourth-order valence-corrected chi connectivity index (χ4v) is 4.31. The summed E-state index contributed by atoms with van der Waals surface area (Å²) in [4.78, 5) is 42.2. The molecule has 8 nitrogen and oxygen atoms in total. The molecule has 0 aliphatic heterocycles. The van der Waals surface area contributed by atoms with E-state index in [9.17, 15) is 19.5 Å². The van der Waals surface area contributed by atoms with Crippen molar-refractivity contribution in [3.05, 3.63) is 64.7 Å². The van der Waals surface area contributed by atoms with Crippen LogP contribution in [0.5, 0.6) is 5.75 Å². The number of amides is 3. The standard InChI is InChI=1S/C30H43N3O5/c1-10-33(25(26(35)32-29(4,5)6)24-19(2)12-11-13-20(24)3)27(36)23(31-28(37)38-30(7,8)9)18-21-14-16-22(34)17-15-21/h11-17,23,25,34H,10,18H2,1-9H3,(H,31,37)(H,32,35). The van der Waals surface area contributed by atoms with E-state index in [4.69, 9.17) is 4.74 Å². The lowest BCUT2D eigenvalue weighted by Gasteiger charge is -2.36. The molecule has 2 unspecified atom stereocenters. The summed E-state index contributed by atoms with van der Waals surface area (Å²) in [6.07, 6.45) is -0.580. The molecule has 0 aromatic heterocycles. The van der Waals surface area contributed by atoms with Crippen molar-refractivity contribution in [1.82, 2.24) is 15.5 Å². The third-order valence-electron chi connectivity index (χ3n) is 5.86. The number of nitrogens with one attached hydrogen (secondary N) is 2. The number of likely N-dealkylation sites (N-methyl/N-ethyl adjacent to an activating group) is 1. The lowest BCUT2D eigenvalue weighted by molar-refractivity contribution is -0.142. The molecule has 38 heavy (non-hydrogen) atoms. The SMILES string of the molecule is CCN(C(=O)C(Cc1ccc(O)cc1)NC(=O)OC(C)(C)C)C(C(=O)NC(C)(C)C)c1c(C)cccc1C. The van der Waals surface area contributed by atoms with Crippen LogP contribution in [0.1, 0.15) is 76.8 Å². The minimum Gasteiger partial charge on any atom is -0.508 e. The van der Waals surface area contributed by atoms with Crippen LogP contribution < -0.4 is 10.6 Å². The number of phenolic OH excluding ortho intramolecular Hbond substituents is 1. The molecule has 2 aromatic rings. The van der Waals surface area contributed by atoms with Crippen LogP contribution in [-0.2, 0) is 20.7 Å². The Morgan fingerprint density at radius 3 is 1.97 bits per heavy atom. The van der Waals surface area contributed by atoms with E-state index in [2.05, 4.69) is 10.6 Å². The predicted octanol–water partition coefficient (Wildman–Crippen LogP) is 4.95. The van der Waals surface area contributed by atoms with Crippen LogP contribution >= 0.6 is 0 Å². The van der Waals surface area contributed by atoms with Gasteiger partial charge in [0.2, 0.25) is 11.8 Å². The highest BCUT2D eigenvalue weighted by Crippen LogP contribution is 2.29. The van der Waals surface area contributed by atoms with Gasteiger partial charge in [-0.05, 0) is 96.7 Å². The minimum absolute atomic E-state index is 0.0980. The Bertz CT molecular complexity index is 1110. The maximum Gasteiger partial charge on any atom is 0.408 e. The van der Waals surface area contributed by atoms with Gasteiger partial charge in [-0.3, -0.25) is 9.59 Å². The number of carbonyl (C=O) groups is 3. The molecule has 0 saturated heterocycles. The second-order valence-electron chi connectivity index (χ2n) is 11.6. The fourth-order valence-electron chi connectivity index (χ4n) is 4.31. The van der Waals surface area contributed by atoms with Crippen molar-refractivity contribution in [2.24, 2.45) is 0 Å². The van der Waals surface area contributed by atoms with E-state index in [1.807, 2.05) is 59.7 Å². The first kappa shape index (κ1) is 30.7. The molecule has 2 atom stereocenters. The normalized spacial score (nSPS) is 13.3. The minimum atomic E-state index is -1.01. The van der Waals surface area contributed by atoms with Crippen LogP contribution in [0.4, 0.5) is 4.79 Å². The summed E-state index contributed by atoms with van der Waals surface area (Å²) in [5.41, 5.74) is 1.99. The quantitative estimate of drug-likeness (QED) is 0.452. The highest BCUT2D eigenvalue weighted by Gasteiger charge is 2.37. The zero-order valence-electron chi connectivity index (χ0n) is 24.1. The maximum atomic E-state index is 14.2. The number of nitrogens with zero attached hydrogens (tertiary/aromatic N) is 1. The van der Waals surface area contributed by atoms with Gasteiger partial charge in [0.15, 0.2) is 0 Å². The second-order valence-corrected chi connectivity index (χ2v) is 11.6. The number of ether oxygens (including phenoxy) is 1. The molecule has 2 rings (SSSR count). The molecule has 8 heteroatoms. The smallest absolute Gasteiger partial charge is 0.408 e. The molecule has 0 spiro atoms. The average Bonchev–Trinajstić information content (AvgIpc) is 2.76. The zero-order valence-corrected chi connectivity index (χ0v) is 24.1. The molecule has 208 valence electrons. The van der Waals surface area contributed by atoms with Crippen molar-refractivity contribution >= 4 is 17.9 Å². The van der Waals surface area contributed by atoms with Crippen LogP contribution in [0, 0.1) is 13.8 Å². The average molecular weight is 526 g/mol. The third-order valence-corrected chi connectivity index (χ3v) is 5.86. The lowest BCUT2D eigenvalue weighted by Crippen LogP contribution is -2.55. The fraction of sp³-hybridized carbons (Fsp3) is 0.500. The highest BCUT2D eigenvalue weighted by atomic mass is 16.6. The Morgan fingerprint density at radius 2 is 1.50 bits per heavy atom. The summed E-state index contributed by atoms with van der Waals surface area (Å²) >= 11 is 0. The van der Waals surface area contributed by atoms with Crippen molar-refractivity contribution in [3.63, 3.8) is 0 Å². The van der Waals surface area contributed by atoms with E-state index in [-0.39, 0.29) is 24.6 Å². The first-order valence-electron chi connectivity index (χ1n) is 13.0. The molecular weight excluding hydrogens is 482 g/mol. The topological polar surface area (TPSA) is 108 Å². The molecule has 0 bridgehead atoms. The van der Waals surface area contributed by atoms with Crippen molar-refractivity contribution in [2.45, 2.75) is 92.0 Å². The first-order valence-corrected chi connectivity index (χ1v) is 13.0. The van der Waals surface area contributed by atoms with Gasteiger partial charge >= 0.3 is 6.09 Å². The highest BCUT2D eigenvalue weighted by molar-refractivity contribution is 5.93. The molecule has 0 fully saturated rings. The zero-order chi connectivity index (χ0) is 28.8. The van der Waals surface area contributed by atoms with Gasteiger partial charge in [0.25, 0.3) is 0 Å². The molecule has 0 radical (unpaired) electrons. The molecule has 3 amide bonds. The number of phenols is 1. The lowest BCUT2D eigenvalue weighted by atomic mass is 9.92. The molecule has 0 saturated carbocycles. The van der Waals surface area contributed by atoms with Gasteiger partial charge < -0.3 is 25.4 Å². The number of alkyl carbamates (subject to hydrolysis) is 1. The summed E-state index contributed by atoms with van der Waals surface area (Å²) < 4.78 is 5.45. The van der Waals surface area contributed by atoms with Crippen molar-refractivity contribution in [3.8, 4) is 5.75 Å². The van der Waals surface area contributed by atoms with Crippen LogP contribution in [0.3, 0.4) is 0 Å². The van der Waals surface area contributed by atoms with Gasteiger partial charge in [-0.25, -0.2) is 4.79 Å². The molecule has 3 N–H and O–H groups in total. The summed E-state index contributed by atoms with van der Waals surface area (Å²) in [7, 11) is 0.